The highest BCUT2D eigenvalue weighted by Crippen LogP contribution is 2.23. The van der Waals surface area contributed by atoms with Crippen molar-refractivity contribution in [2.75, 3.05) is 19.6 Å². The van der Waals surface area contributed by atoms with Gasteiger partial charge in [-0.2, -0.15) is 0 Å². The van der Waals surface area contributed by atoms with Crippen LogP contribution in [0.5, 0.6) is 0 Å². The number of halogens is 1. The van der Waals surface area contributed by atoms with Gasteiger partial charge in [0.05, 0.1) is 11.0 Å². The molecule has 0 bridgehead atoms. The van der Waals surface area contributed by atoms with Crippen LogP contribution >= 0.6 is 11.6 Å². The summed E-state index contributed by atoms with van der Waals surface area (Å²) in [5.74, 6) is 1.13. The van der Waals surface area contributed by atoms with Crippen molar-refractivity contribution in [2.24, 2.45) is 0 Å². The molecule has 0 unspecified atom stereocenters. The van der Waals surface area contributed by atoms with E-state index in [0.717, 1.165) is 42.3 Å². The van der Waals surface area contributed by atoms with Crippen molar-refractivity contribution < 1.29 is 0 Å². The summed E-state index contributed by atoms with van der Waals surface area (Å²) < 4.78 is 2.38. The third-order valence-electron chi connectivity index (χ3n) is 5.15. The van der Waals surface area contributed by atoms with Crippen LogP contribution in [0.2, 0.25) is 5.02 Å². The minimum atomic E-state index is 0.748. The predicted molar refractivity (Wildman–Crippen MR) is 109 cm³/mol. The Kier molecular flexibility index (Phi) is 5.57. The van der Waals surface area contributed by atoms with Crippen LogP contribution in [0, 0.1) is 6.42 Å². The van der Waals surface area contributed by atoms with Crippen molar-refractivity contribution in [3.8, 4) is 0 Å². The molecule has 26 heavy (non-hydrogen) atoms. The lowest BCUT2D eigenvalue weighted by molar-refractivity contribution is 0.247. The van der Waals surface area contributed by atoms with E-state index in [-0.39, 0.29) is 0 Å². The van der Waals surface area contributed by atoms with Crippen molar-refractivity contribution in [1.82, 2.24) is 14.5 Å². The van der Waals surface area contributed by atoms with Crippen LogP contribution in [0.15, 0.2) is 48.5 Å². The highest BCUT2D eigenvalue weighted by Gasteiger charge is 2.13. The number of aromatic nitrogens is 2. The number of aryl methyl sites for hydroxylation is 1. The number of fused-ring (bicyclic) bond motifs is 1. The van der Waals surface area contributed by atoms with Gasteiger partial charge in [0.1, 0.15) is 5.82 Å². The first-order valence-electron chi connectivity index (χ1n) is 9.52. The van der Waals surface area contributed by atoms with Gasteiger partial charge in [-0.05, 0) is 69.1 Å². The number of imidazole rings is 1. The number of likely N-dealkylation sites (tertiary alicyclic amines) is 1. The van der Waals surface area contributed by atoms with Gasteiger partial charge in [0.15, 0.2) is 0 Å². The van der Waals surface area contributed by atoms with E-state index in [4.69, 9.17) is 16.6 Å². The molecule has 2 heterocycles. The Hall–Kier alpha value is -1.84. The van der Waals surface area contributed by atoms with Crippen molar-refractivity contribution in [3.05, 3.63) is 71.4 Å². The summed E-state index contributed by atoms with van der Waals surface area (Å²) in [7, 11) is 0. The summed E-state index contributed by atoms with van der Waals surface area (Å²) in [5.41, 5.74) is 3.48. The van der Waals surface area contributed by atoms with Crippen molar-refractivity contribution >= 4 is 22.6 Å². The molecule has 1 saturated heterocycles. The first-order valence-corrected chi connectivity index (χ1v) is 9.90. The molecule has 0 aliphatic carbocycles. The fourth-order valence-electron chi connectivity index (χ4n) is 3.80. The van der Waals surface area contributed by atoms with E-state index in [1.54, 1.807) is 0 Å². The Morgan fingerprint density at radius 3 is 2.58 bits per heavy atom. The molecule has 0 spiro atoms. The zero-order chi connectivity index (χ0) is 17.8. The molecule has 3 nitrogen and oxygen atoms in total. The second-order valence-electron chi connectivity index (χ2n) is 7.04. The second kappa shape index (κ2) is 8.24. The third kappa shape index (κ3) is 4.11. The van der Waals surface area contributed by atoms with Gasteiger partial charge in [0.2, 0.25) is 0 Å². The minimum Gasteiger partial charge on any atom is -0.328 e. The van der Waals surface area contributed by atoms with Crippen molar-refractivity contribution in [2.45, 2.75) is 32.2 Å². The Balaban J connectivity index is 1.55. The van der Waals surface area contributed by atoms with E-state index in [1.807, 2.05) is 12.1 Å². The van der Waals surface area contributed by atoms with Gasteiger partial charge in [-0.25, -0.2) is 4.98 Å². The molecule has 2 aromatic carbocycles. The largest absolute Gasteiger partial charge is 0.328 e. The molecule has 4 rings (SSSR count). The average Bonchev–Trinajstić information content (AvgIpc) is 3.00. The monoisotopic (exact) mass is 366 g/mol. The Labute approximate surface area is 160 Å². The van der Waals surface area contributed by atoms with Crippen LogP contribution < -0.4 is 0 Å². The van der Waals surface area contributed by atoms with E-state index >= 15 is 0 Å². The van der Waals surface area contributed by atoms with Crippen molar-refractivity contribution in [1.29, 1.82) is 0 Å². The molecule has 1 radical (unpaired) electrons. The maximum absolute atomic E-state index is 6.19. The molecule has 0 amide bonds. The minimum absolute atomic E-state index is 0.748. The first-order chi connectivity index (χ1) is 12.8. The standard InChI is InChI=1S/C22H25ClN3/c23-19-10-11-21-20(17-19)24-22(16-18-8-3-1-4-9-18)26(21)15-7-14-25-12-5-2-6-13-25/h1-4,8-11,17H,5-7,12-16H2. The van der Waals surface area contributed by atoms with Crippen LogP contribution in [-0.2, 0) is 13.0 Å². The van der Waals surface area contributed by atoms with Gasteiger partial charge in [-0.1, -0.05) is 41.9 Å². The van der Waals surface area contributed by atoms with Gasteiger partial charge < -0.3 is 9.47 Å². The van der Waals surface area contributed by atoms with E-state index in [9.17, 15) is 0 Å². The molecule has 0 saturated carbocycles. The molecule has 1 aliphatic heterocycles. The third-order valence-corrected chi connectivity index (χ3v) is 5.38. The van der Waals surface area contributed by atoms with Crippen LogP contribution in [0.4, 0.5) is 0 Å². The van der Waals surface area contributed by atoms with Crippen LogP contribution in [0.1, 0.15) is 30.7 Å². The molecule has 135 valence electrons. The number of rotatable bonds is 6. The van der Waals surface area contributed by atoms with Gasteiger partial charge in [-0.15, -0.1) is 0 Å². The molecular weight excluding hydrogens is 342 g/mol. The number of nitrogens with zero attached hydrogens (tertiary/aromatic N) is 3. The Morgan fingerprint density at radius 1 is 0.962 bits per heavy atom. The molecule has 1 aromatic heterocycles. The summed E-state index contributed by atoms with van der Waals surface area (Å²) >= 11 is 6.19. The average molecular weight is 367 g/mol. The SMILES string of the molecule is Clc1ccc2c(c1)nc(Cc1ccccc1)n2CCCN1CC[CH]CC1. The van der Waals surface area contributed by atoms with Gasteiger partial charge in [-0.3, -0.25) is 0 Å². The molecular formula is C22H25ClN3. The summed E-state index contributed by atoms with van der Waals surface area (Å²) in [6, 6.07) is 16.6. The maximum Gasteiger partial charge on any atom is 0.114 e. The van der Waals surface area contributed by atoms with Crippen molar-refractivity contribution in [3.63, 3.8) is 0 Å². The molecule has 1 fully saturated rings. The molecule has 0 atom stereocenters. The second-order valence-corrected chi connectivity index (χ2v) is 7.47. The number of hydrogen-bond acceptors (Lipinski definition) is 2. The highest BCUT2D eigenvalue weighted by molar-refractivity contribution is 6.31. The van der Waals surface area contributed by atoms with E-state index in [2.05, 4.69) is 52.3 Å². The zero-order valence-corrected chi connectivity index (χ0v) is 15.8. The quantitative estimate of drug-likeness (QED) is 0.614. The number of benzene rings is 2. The Morgan fingerprint density at radius 2 is 1.77 bits per heavy atom. The highest BCUT2D eigenvalue weighted by atomic mass is 35.5. The van der Waals surface area contributed by atoms with E-state index < -0.39 is 0 Å². The smallest absolute Gasteiger partial charge is 0.114 e. The summed E-state index contributed by atoms with van der Waals surface area (Å²) in [6.45, 7) is 4.57. The van der Waals surface area contributed by atoms with Gasteiger partial charge in [0.25, 0.3) is 0 Å². The topological polar surface area (TPSA) is 21.1 Å². The fourth-order valence-corrected chi connectivity index (χ4v) is 3.96. The maximum atomic E-state index is 6.19. The lowest BCUT2D eigenvalue weighted by atomic mass is 10.1. The van der Waals surface area contributed by atoms with Crippen LogP contribution in [0.25, 0.3) is 11.0 Å². The van der Waals surface area contributed by atoms with Gasteiger partial charge >= 0.3 is 0 Å². The molecule has 1 aliphatic rings. The summed E-state index contributed by atoms with van der Waals surface area (Å²) in [5, 5.41) is 0.748. The van der Waals surface area contributed by atoms with Gasteiger partial charge in [0, 0.05) is 18.0 Å². The molecule has 3 aromatic rings. The van der Waals surface area contributed by atoms with Crippen LogP contribution in [-0.4, -0.2) is 34.1 Å². The van der Waals surface area contributed by atoms with Crippen LogP contribution in [0.3, 0.4) is 0 Å². The summed E-state index contributed by atoms with van der Waals surface area (Å²) in [4.78, 5) is 7.47. The normalized spacial score (nSPS) is 15.6. The predicted octanol–water partition coefficient (Wildman–Crippen LogP) is 4.97. The number of piperidine rings is 1. The zero-order valence-electron chi connectivity index (χ0n) is 15.1. The molecule has 4 heteroatoms. The van der Waals surface area contributed by atoms with E-state index in [0.29, 0.717) is 0 Å². The summed E-state index contributed by atoms with van der Waals surface area (Å²) in [6.07, 6.45) is 6.86. The number of hydrogen-bond donors (Lipinski definition) is 0. The first kappa shape index (κ1) is 17.6. The fraction of sp³-hybridized carbons (Fsp3) is 0.364. The molecule has 0 N–H and O–H groups in total. The Bertz CT molecular complexity index is 850. The lowest BCUT2D eigenvalue weighted by Gasteiger charge is -2.26. The van der Waals surface area contributed by atoms with E-state index in [1.165, 1.54) is 37.0 Å². The lowest BCUT2D eigenvalue weighted by Crippen LogP contribution is -2.31.